The summed E-state index contributed by atoms with van der Waals surface area (Å²) in [6.07, 6.45) is 0. The molecule has 0 aliphatic carbocycles. The lowest BCUT2D eigenvalue weighted by Crippen LogP contribution is -2.00. The monoisotopic (exact) mass is 248 g/mol. The Labute approximate surface area is 94.4 Å². The number of aryl methyl sites for hydroxylation is 2. The van der Waals surface area contributed by atoms with Gasteiger partial charge in [0.2, 0.25) is 0 Å². The smallest absolute Gasteiger partial charge is 0.261 e. The van der Waals surface area contributed by atoms with Gasteiger partial charge in [-0.25, -0.2) is 8.42 Å². The molecule has 0 spiro atoms. The zero-order valence-electron chi connectivity index (χ0n) is 8.87. The molecule has 5 heteroatoms. The van der Waals surface area contributed by atoms with Crippen LogP contribution >= 0.6 is 10.7 Å². The molecular formula is C10H13ClO3S. The van der Waals surface area contributed by atoms with Crippen LogP contribution in [0, 0.1) is 13.8 Å². The van der Waals surface area contributed by atoms with Crippen LogP contribution in [0.4, 0.5) is 0 Å². The molecule has 1 aromatic carbocycles. The van der Waals surface area contributed by atoms with E-state index in [0.29, 0.717) is 17.9 Å². The Hall–Kier alpha value is -0.740. The average molecular weight is 249 g/mol. The molecule has 0 unspecified atom stereocenters. The van der Waals surface area contributed by atoms with E-state index in [1.54, 1.807) is 13.0 Å². The molecule has 1 rings (SSSR count). The number of halogens is 1. The summed E-state index contributed by atoms with van der Waals surface area (Å²) in [6.45, 7) is 5.90. The van der Waals surface area contributed by atoms with Crippen molar-refractivity contribution in [3.8, 4) is 5.75 Å². The Morgan fingerprint density at radius 3 is 2.33 bits per heavy atom. The zero-order valence-corrected chi connectivity index (χ0v) is 10.4. The highest BCUT2D eigenvalue weighted by atomic mass is 35.7. The van der Waals surface area contributed by atoms with Crippen LogP contribution in [-0.4, -0.2) is 15.0 Å². The number of rotatable bonds is 3. The molecular weight excluding hydrogens is 236 g/mol. The van der Waals surface area contributed by atoms with E-state index < -0.39 is 9.05 Å². The van der Waals surface area contributed by atoms with Crippen LogP contribution in [0.3, 0.4) is 0 Å². The third-order valence-corrected chi connectivity index (χ3v) is 3.50. The zero-order chi connectivity index (χ0) is 11.6. The molecule has 0 N–H and O–H groups in total. The fourth-order valence-electron chi connectivity index (χ4n) is 1.39. The van der Waals surface area contributed by atoms with Crippen molar-refractivity contribution >= 4 is 19.7 Å². The quantitative estimate of drug-likeness (QED) is 0.773. The summed E-state index contributed by atoms with van der Waals surface area (Å²) >= 11 is 0. The first-order valence-corrected chi connectivity index (χ1v) is 6.86. The van der Waals surface area contributed by atoms with Crippen LogP contribution in [-0.2, 0) is 9.05 Å². The standard InChI is InChI=1S/C10H13ClO3S/c1-4-14-9-6-10(15(11,12)13)8(3)5-7(9)2/h5-6H,4H2,1-3H3. The molecule has 0 aliphatic rings. The van der Waals surface area contributed by atoms with Gasteiger partial charge in [0.15, 0.2) is 0 Å². The summed E-state index contributed by atoms with van der Waals surface area (Å²) < 4.78 is 27.8. The molecule has 0 bridgehead atoms. The molecule has 15 heavy (non-hydrogen) atoms. The van der Waals surface area contributed by atoms with Crippen molar-refractivity contribution < 1.29 is 13.2 Å². The summed E-state index contributed by atoms with van der Waals surface area (Å²) in [7, 11) is 1.61. The van der Waals surface area contributed by atoms with E-state index in [9.17, 15) is 8.42 Å². The molecule has 0 aliphatic heterocycles. The van der Waals surface area contributed by atoms with Crippen molar-refractivity contribution in [1.29, 1.82) is 0 Å². The number of benzene rings is 1. The number of ether oxygens (including phenoxy) is 1. The molecule has 0 amide bonds. The fourth-order valence-corrected chi connectivity index (χ4v) is 2.58. The van der Waals surface area contributed by atoms with Gasteiger partial charge in [0.05, 0.1) is 11.5 Å². The lowest BCUT2D eigenvalue weighted by atomic mass is 10.1. The minimum atomic E-state index is -3.70. The Morgan fingerprint density at radius 1 is 1.27 bits per heavy atom. The van der Waals surface area contributed by atoms with Crippen LogP contribution in [0.25, 0.3) is 0 Å². The van der Waals surface area contributed by atoms with Gasteiger partial charge in [-0.05, 0) is 31.9 Å². The lowest BCUT2D eigenvalue weighted by Gasteiger charge is -2.10. The normalized spacial score (nSPS) is 11.5. The van der Waals surface area contributed by atoms with E-state index in [4.69, 9.17) is 15.4 Å². The van der Waals surface area contributed by atoms with Gasteiger partial charge in [-0.3, -0.25) is 0 Å². The van der Waals surface area contributed by atoms with E-state index in [1.165, 1.54) is 6.07 Å². The summed E-state index contributed by atoms with van der Waals surface area (Å²) in [5.41, 5.74) is 1.53. The van der Waals surface area contributed by atoms with Gasteiger partial charge in [-0.1, -0.05) is 6.07 Å². The Balaban J connectivity index is 3.36. The third kappa shape index (κ3) is 2.86. The van der Waals surface area contributed by atoms with Gasteiger partial charge < -0.3 is 4.74 Å². The van der Waals surface area contributed by atoms with E-state index in [0.717, 1.165) is 5.56 Å². The maximum atomic E-state index is 11.2. The summed E-state index contributed by atoms with van der Waals surface area (Å²) in [4.78, 5) is 0.109. The molecule has 0 atom stereocenters. The molecule has 0 fully saturated rings. The Kier molecular flexibility index (Phi) is 3.62. The van der Waals surface area contributed by atoms with Crippen LogP contribution in [0.1, 0.15) is 18.1 Å². The maximum Gasteiger partial charge on any atom is 0.261 e. The van der Waals surface area contributed by atoms with Crippen LogP contribution < -0.4 is 4.74 Å². The highest BCUT2D eigenvalue weighted by molar-refractivity contribution is 8.13. The molecule has 84 valence electrons. The van der Waals surface area contributed by atoms with Crippen molar-refractivity contribution in [2.24, 2.45) is 0 Å². The van der Waals surface area contributed by atoms with Crippen molar-refractivity contribution in [3.63, 3.8) is 0 Å². The Bertz CT molecular complexity index is 466. The lowest BCUT2D eigenvalue weighted by molar-refractivity contribution is 0.337. The summed E-state index contributed by atoms with van der Waals surface area (Å²) in [6, 6.07) is 3.22. The minimum absolute atomic E-state index is 0.109. The highest BCUT2D eigenvalue weighted by Gasteiger charge is 2.16. The Morgan fingerprint density at radius 2 is 1.87 bits per heavy atom. The van der Waals surface area contributed by atoms with Crippen molar-refractivity contribution in [2.75, 3.05) is 6.61 Å². The molecule has 1 aromatic rings. The second-order valence-corrected chi connectivity index (χ2v) is 5.79. The molecule has 0 heterocycles. The predicted molar refractivity (Wildman–Crippen MR) is 60.1 cm³/mol. The van der Waals surface area contributed by atoms with E-state index in [1.807, 2.05) is 13.8 Å². The van der Waals surface area contributed by atoms with Gasteiger partial charge in [0.25, 0.3) is 9.05 Å². The number of hydrogen-bond donors (Lipinski definition) is 0. The van der Waals surface area contributed by atoms with Gasteiger partial charge in [0, 0.05) is 16.7 Å². The molecule has 0 saturated heterocycles. The first-order chi connectivity index (χ1) is 6.86. The van der Waals surface area contributed by atoms with Gasteiger partial charge >= 0.3 is 0 Å². The van der Waals surface area contributed by atoms with Crippen molar-refractivity contribution in [1.82, 2.24) is 0 Å². The maximum absolute atomic E-state index is 11.2. The van der Waals surface area contributed by atoms with E-state index in [-0.39, 0.29) is 4.90 Å². The molecule has 0 saturated carbocycles. The van der Waals surface area contributed by atoms with Crippen LogP contribution in [0.5, 0.6) is 5.75 Å². The van der Waals surface area contributed by atoms with Crippen LogP contribution in [0.2, 0.25) is 0 Å². The minimum Gasteiger partial charge on any atom is -0.494 e. The molecule has 0 radical (unpaired) electrons. The fraction of sp³-hybridized carbons (Fsp3) is 0.400. The highest BCUT2D eigenvalue weighted by Crippen LogP contribution is 2.28. The SMILES string of the molecule is CCOc1cc(S(=O)(=O)Cl)c(C)cc1C. The third-order valence-electron chi connectivity index (χ3n) is 2.04. The average Bonchev–Trinajstić information content (AvgIpc) is 2.07. The topological polar surface area (TPSA) is 43.4 Å². The summed E-state index contributed by atoms with van der Waals surface area (Å²) in [5, 5.41) is 0. The van der Waals surface area contributed by atoms with Gasteiger partial charge in [-0.2, -0.15) is 0 Å². The second-order valence-electron chi connectivity index (χ2n) is 3.25. The largest absolute Gasteiger partial charge is 0.494 e. The van der Waals surface area contributed by atoms with E-state index in [2.05, 4.69) is 0 Å². The first-order valence-electron chi connectivity index (χ1n) is 4.55. The molecule has 3 nitrogen and oxygen atoms in total. The van der Waals surface area contributed by atoms with Crippen molar-refractivity contribution in [3.05, 3.63) is 23.3 Å². The summed E-state index contributed by atoms with van der Waals surface area (Å²) in [5.74, 6) is 0.558. The first kappa shape index (κ1) is 12.3. The van der Waals surface area contributed by atoms with Gasteiger partial charge in [-0.15, -0.1) is 0 Å². The molecule has 0 aromatic heterocycles. The van der Waals surface area contributed by atoms with E-state index >= 15 is 0 Å². The second kappa shape index (κ2) is 4.41. The predicted octanol–water partition coefficient (Wildman–Crippen LogP) is 2.63. The number of hydrogen-bond acceptors (Lipinski definition) is 3. The van der Waals surface area contributed by atoms with Crippen molar-refractivity contribution in [2.45, 2.75) is 25.7 Å². The van der Waals surface area contributed by atoms with Crippen LogP contribution in [0.15, 0.2) is 17.0 Å². The van der Waals surface area contributed by atoms with Gasteiger partial charge in [0.1, 0.15) is 5.75 Å².